The fraction of sp³-hybridized carbons (Fsp3) is 0.0667. The lowest BCUT2D eigenvalue weighted by molar-refractivity contribution is 0.426. The molecule has 0 unspecified atom stereocenters. The lowest BCUT2D eigenvalue weighted by Gasteiger charge is -2.01. The lowest BCUT2D eigenvalue weighted by Crippen LogP contribution is -1.88. The van der Waals surface area contributed by atoms with Crippen LogP contribution in [0.1, 0.15) is 5.56 Å². The minimum atomic E-state index is -0.372. The summed E-state index contributed by atoms with van der Waals surface area (Å²) in [7, 11) is 0. The normalized spacial score (nSPS) is 10.8. The fourth-order valence-electron chi connectivity index (χ4n) is 2.05. The summed E-state index contributed by atoms with van der Waals surface area (Å²) in [5.41, 5.74) is 7.44. The molecule has 0 bridgehead atoms. The van der Waals surface area contributed by atoms with Crippen molar-refractivity contribution in [1.29, 1.82) is 0 Å². The lowest BCUT2D eigenvalue weighted by atomic mass is 10.1. The number of nitrogens with zero attached hydrogens (tertiary/aromatic N) is 2. The standard InChI is InChI=1S/C15H12FN3O2/c1-8-5-9(7-10(16)6-8)14-18-15(21-19-14)11-3-2-4-12(17)13(11)20/h2-7,20H,17H2,1H3. The van der Waals surface area contributed by atoms with Crippen molar-refractivity contribution in [3.8, 4) is 28.6 Å². The number of aromatic hydroxyl groups is 1. The van der Waals surface area contributed by atoms with Gasteiger partial charge in [-0.15, -0.1) is 0 Å². The molecule has 0 aliphatic rings. The maximum absolute atomic E-state index is 13.4. The van der Waals surface area contributed by atoms with Gasteiger partial charge in [-0.25, -0.2) is 4.39 Å². The van der Waals surface area contributed by atoms with Crippen LogP contribution in [0.2, 0.25) is 0 Å². The molecule has 0 atom stereocenters. The Morgan fingerprint density at radius 2 is 2.05 bits per heavy atom. The van der Waals surface area contributed by atoms with Crippen LogP contribution in [0.15, 0.2) is 40.9 Å². The molecule has 0 saturated carbocycles. The monoisotopic (exact) mass is 285 g/mol. The third kappa shape index (κ3) is 2.43. The fourth-order valence-corrected chi connectivity index (χ4v) is 2.05. The molecule has 5 nitrogen and oxygen atoms in total. The van der Waals surface area contributed by atoms with Crippen LogP contribution in [0, 0.1) is 12.7 Å². The van der Waals surface area contributed by atoms with E-state index in [0.717, 1.165) is 5.56 Å². The van der Waals surface area contributed by atoms with Crippen LogP contribution in [-0.4, -0.2) is 15.2 Å². The van der Waals surface area contributed by atoms with Crippen molar-refractivity contribution < 1.29 is 14.0 Å². The average Bonchev–Trinajstić information content (AvgIpc) is 2.90. The summed E-state index contributed by atoms with van der Waals surface area (Å²) >= 11 is 0. The summed E-state index contributed by atoms with van der Waals surface area (Å²) in [4.78, 5) is 4.17. The van der Waals surface area contributed by atoms with Gasteiger partial charge in [-0.05, 0) is 42.8 Å². The van der Waals surface area contributed by atoms with Crippen molar-refractivity contribution in [3.63, 3.8) is 0 Å². The largest absolute Gasteiger partial charge is 0.505 e. The van der Waals surface area contributed by atoms with E-state index >= 15 is 0 Å². The Kier molecular flexibility index (Phi) is 3.06. The number of hydrogen-bond donors (Lipinski definition) is 2. The zero-order chi connectivity index (χ0) is 15.0. The Morgan fingerprint density at radius 1 is 1.24 bits per heavy atom. The molecule has 0 saturated heterocycles. The van der Waals surface area contributed by atoms with E-state index < -0.39 is 0 Å². The number of para-hydroxylation sites is 1. The number of halogens is 1. The predicted molar refractivity (Wildman–Crippen MR) is 75.9 cm³/mol. The Labute approximate surface area is 119 Å². The number of rotatable bonds is 2. The maximum atomic E-state index is 13.4. The number of benzene rings is 2. The van der Waals surface area contributed by atoms with E-state index in [1.807, 2.05) is 0 Å². The Morgan fingerprint density at radius 3 is 2.81 bits per heavy atom. The van der Waals surface area contributed by atoms with E-state index in [-0.39, 0.29) is 29.0 Å². The van der Waals surface area contributed by atoms with Gasteiger partial charge in [0, 0.05) is 5.56 Å². The van der Waals surface area contributed by atoms with Crippen LogP contribution in [0.25, 0.3) is 22.8 Å². The molecule has 0 amide bonds. The average molecular weight is 285 g/mol. The first-order valence-electron chi connectivity index (χ1n) is 6.23. The first-order valence-corrected chi connectivity index (χ1v) is 6.23. The van der Waals surface area contributed by atoms with E-state index in [2.05, 4.69) is 10.1 Å². The molecule has 106 valence electrons. The molecule has 3 N–H and O–H groups in total. The quantitative estimate of drug-likeness (QED) is 0.558. The third-order valence-corrected chi connectivity index (χ3v) is 3.02. The van der Waals surface area contributed by atoms with E-state index in [4.69, 9.17) is 10.3 Å². The number of hydrogen-bond acceptors (Lipinski definition) is 5. The van der Waals surface area contributed by atoms with Crippen molar-refractivity contribution in [2.45, 2.75) is 6.92 Å². The minimum Gasteiger partial charge on any atom is -0.505 e. The Hall–Kier alpha value is -2.89. The number of aromatic nitrogens is 2. The van der Waals surface area contributed by atoms with Crippen LogP contribution >= 0.6 is 0 Å². The summed E-state index contributed by atoms with van der Waals surface area (Å²) in [5.74, 6) is -0.127. The molecule has 3 rings (SSSR count). The van der Waals surface area contributed by atoms with Crippen molar-refractivity contribution >= 4 is 5.69 Å². The first kappa shape index (κ1) is 13.1. The molecular weight excluding hydrogens is 273 g/mol. The molecule has 0 spiro atoms. The molecule has 1 aromatic heterocycles. The number of phenolic OH excluding ortho intramolecular Hbond substituents is 1. The third-order valence-electron chi connectivity index (χ3n) is 3.02. The van der Waals surface area contributed by atoms with E-state index in [0.29, 0.717) is 11.1 Å². The highest BCUT2D eigenvalue weighted by Crippen LogP contribution is 2.33. The summed E-state index contributed by atoms with van der Waals surface area (Å²) in [6.45, 7) is 1.78. The van der Waals surface area contributed by atoms with Gasteiger partial charge >= 0.3 is 0 Å². The van der Waals surface area contributed by atoms with Crippen molar-refractivity contribution in [2.24, 2.45) is 0 Å². The summed E-state index contributed by atoms with van der Waals surface area (Å²) < 4.78 is 18.5. The summed E-state index contributed by atoms with van der Waals surface area (Å²) in [6, 6.07) is 9.32. The van der Waals surface area contributed by atoms with Crippen LogP contribution in [0.3, 0.4) is 0 Å². The zero-order valence-corrected chi connectivity index (χ0v) is 11.2. The number of nitrogens with two attached hydrogens (primary N) is 1. The van der Waals surface area contributed by atoms with Gasteiger partial charge in [0.15, 0.2) is 5.75 Å². The molecular formula is C15H12FN3O2. The second-order valence-electron chi connectivity index (χ2n) is 4.68. The van der Waals surface area contributed by atoms with Gasteiger partial charge in [-0.3, -0.25) is 0 Å². The topological polar surface area (TPSA) is 85.2 Å². The van der Waals surface area contributed by atoms with E-state index in [9.17, 15) is 9.50 Å². The molecule has 0 fully saturated rings. The summed E-state index contributed by atoms with van der Waals surface area (Å²) in [5, 5.41) is 13.7. The van der Waals surface area contributed by atoms with Crippen molar-refractivity contribution in [3.05, 3.63) is 47.8 Å². The molecule has 1 heterocycles. The van der Waals surface area contributed by atoms with E-state index in [1.54, 1.807) is 31.2 Å². The van der Waals surface area contributed by atoms with Crippen LogP contribution in [-0.2, 0) is 0 Å². The Bertz CT molecular complexity index is 794. The highest BCUT2D eigenvalue weighted by molar-refractivity contribution is 5.72. The minimum absolute atomic E-state index is 0.122. The number of anilines is 1. The zero-order valence-electron chi connectivity index (χ0n) is 11.2. The van der Waals surface area contributed by atoms with Gasteiger partial charge in [0.25, 0.3) is 5.89 Å². The number of aryl methyl sites for hydroxylation is 1. The van der Waals surface area contributed by atoms with Gasteiger partial charge < -0.3 is 15.4 Å². The molecule has 0 aliphatic heterocycles. The molecule has 0 radical (unpaired) electrons. The van der Waals surface area contributed by atoms with Gasteiger partial charge in [0.1, 0.15) is 5.82 Å². The SMILES string of the molecule is Cc1cc(F)cc(-c2noc(-c3cccc(N)c3O)n2)c1. The van der Waals surface area contributed by atoms with Crippen LogP contribution in [0.5, 0.6) is 5.75 Å². The van der Waals surface area contributed by atoms with Crippen molar-refractivity contribution in [1.82, 2.24) is 10.1 Å². The van der Waals surface area contributed by atoms with Crippen LogP contribution in [0.4, 0.5) is 10.1 Å². The second-order valence-corrected chi connectivity index (χ2v) is 4.68. The first-order chi connectivity index (χ1) is 10.0. The second kappa shape index (κ2) is 4.90. The van der Waals surface area contributed by atoms with Gasteiger partial charge in [-0.1, -0.05) is 11.2 Å². The maximum Gasteiger partial charge on any atom is 0.262 e. The van der Waals surface area contributed by atoms with E-state index in [1.165, 1.54) is 12.1 Å². The smallest absolute Gasteiger partial charge is 0.262 e. The van der Waals surface area contributed by atoms with Gasteiger partial charge in [0.2, 0.25) is 5.82 Å². The highest BCUT2D eigenvalue weighted by Gasteiger charge is 2.15. The van der Waals surface area contributed by atoms with Gasteiger partial charge in [-0.2, -0.15) is 4.98 Å². The summed E-state index contributed by atoms with van der Waals surface area (Å²) in [6.07, 6.45) is 0. The van der Waals surface area contributed by atoms with Gasteiger partial charge in [0.05, 0.1) is 11.3 Å². The predicted octanol–water partition coefficient (Wildman–Crippen LogP) is 3.14. The number of nitrogen functional groups attached to an aromatic ring is 1. The molecule has 0 aliphatic carbocycles. The Balaban J connectivity index is 2.06. The molecule has 3 aromatic rings. The number of phenols is 1. The highest BCUT2D eigenvalue weighted by atomic mass is 19.1. The molecule has 21 heavy (non-hydrogen) atoms. The van der Waals surface area contributed by atoms with Crippen molar-refractivity contribution in [2.75, 3.05) is 5.73 Å². The molecule has 2 aromatic carbocycles. The molecule has 6 heteroatoms. The van der Waals surface area contributed by atoms with Crippen LogP contribution < -0.4 is 5.73 Å².